The van der Waals surface area contributed by atoms with Gasteiger partial charge in [-0.3, -0.25) is 24.5 Å². The number of benzene rings is 1. The summed E-state index contributed by atoms with van der Waals surface area (Å²) in [4.78, 5) is 61.5. The van der Waals surface area contributed by atoms with Crippen LogP contribution in [0.3, 0.4) is 0 Å². The second-order valence-electron chi connectivity index (χ2n) is 6.21. The fraction of sp³-hybridized carbons (Fsp3) is 0.375. The molecule has 1 aromatic rings. The number of nitro benzene ring substituents is 1. The summed E-state index contributed by atoms with van der Waals surface area (Å²) in [6.45, 7) is -0.587. The minimum absolute atomic E-state index is 0. The van der Waals surface area contributed by atoms with Crippen LogP contribution in [0.1, 0.15) is 31.2 Å². The maximum absolute atomic E-state index is 11.8. The molecular formula is C16H15N2NaO12S. The first kappa shape index (κ1) is 27.6. The van der Waals surface area contributed by atoms with Gasteiger partial charge in [-0.1, -0.05) is 0 Å². The number of amides is 2. The molecule has 14 nitrogen and oxygen atoms in total. The molecule has 0 bridgehead atoms. The maximum Gasteiger partial charge on any atom is 1.00 e. The van der Waals surface area contributed by atoms with Crippen molar-refractivity contribution in [1.82, 2.24) is 5.06 Å². The Kier molecular flexibility index (Phi) is 9.87. The Bertz CT molecular complexity index is 1040. The Morgan fingerprint density at radius 1 is 1.22 bits per heavy atom. The molecule has 32 heavy (non-hydrogen) atoms. The van der Waals surface area contributed by atoms with Crippen molar-refractivity contribution in [2.45, 2.75) is 37.5 Å². The van der Waals surface area contributed by atoms with Crippen LogP contribution in [0.2, 0.25) is 0 Å². The van der Waals surface area contributed by atoms with Crippen molar-refractivity contribution < 1.29 is 81.3 Å². The zero-order chi connectivity index (χ0) is 23.3. The van der Waals surface area contributed by atoms with Crippen LogP contribution in [-0.2, 0) is 40.7 Å². The fourth-order valence-electron chi connectivity index (χ4n) is 2.52. The predicted molar refractivity (Wildman–Crippen MR) is 94.6 cm³/mol. The molecule has 0 aliphatic carbocycles. The molecule has 168 valence electrons. The van der Waals surface area contributed by atoms with E-state index in [1.165, 1.54) is 12.1 Å². The standard InChI is InChI=1S/C16H16N2O12S.Na/c19-8-9-4-5-10(6-11(9)18(24)25)29-14(21)2-1-3-15(22)30-17-13(20)7-12(16(17)23)31(26,27)28;/h4-6,12,19H,1-3,7-8H2,(H,26,27,28);/q;+1/p-1. The van der Waals surface area contributed by atoms with E-state index in [1.807, 2.05) is 0 Å². The summed E-state index contributed by atoms with van der Waals surface area (Å²) < 4.78 is 37.7. The van der Waals surface area contributed by atoms with Crippen molar-refractivity contribution in [2.24, 2.45) is 0 Å². The van der Waals surface area contributed by atoms with Gasteiger partial charge in [-0.05, 0) is 18.6 Å². The zero-order valence-electron chi connectivity index (χ0n) is 16.6. The molecule has 1 aliphatic rings. The van der Waals surface area contributed by atoms with Crippen molar-refractivity contribution >= 4 is 39.6 Å². The Balaban J connectivity index is 0.00000512. The first-order valence-electron chi connectivity index (χ1n) is 8.55. The van der Waals surface area contributed by atoms with E-state index in [1.54, 1.807) is 0 Å². The van der Waals surface area contributed by atoms with Crippen LogP contribution in [-0.4, -0.2) is 57.1 Å². The molecule has 1 N–H and O–H groups in total. The van der Waals surface area contributed by atoms with Crippen molar-refractivity contribution in [2.75, 3.05) is 0 Å². The van der Waals surface area contributed by atoms with Crippen molar-refractivity contribution in [1.29, 1.82) is 0 Å². The third-order valence-electron chi connectivity index (χ3n) is 4.02. The summed E-state index contributed by atoms with van der Waals surface area (Å²) in [5.41, 5.74) is -0.430. The Morgan fingerprint density at radius 2 is 1.84 bits per heavy atom. The van der Waals surface area contributed by atoms with Gasteiger partial charge in [0.2, 0.25) is 0 Å². The van der Waals surface area contributed by atoms with E-state index >= 15 is 0 Å². The van der Waals surface area contributed by atoms with E-state index in [9.17, 15) is 42.3 Å². The SMILES string of the molecule is O=C(CCCC(=O)ON1C(=O)CC(S(=O)(=O)[O-])C1=O)Oc1ccc(CO)c([N+](=O)[O-])c1.[Na+]. The molecular weight excluding hydrogens is 467 g/mol. The predicted octanol–water partition coefficient (Wildman–Crippen LogP) is -3.70. The normalized spacial score (nSPS) is 15.8. The number of hydroxylamine groups is 2. The number of aliphatic hydroxyl groups excluding tert-OH is 1. The largest absolute Gasteiger partial charge is 1.00 e. The number of hydrogen-bond donors (Lipinski definition) is 1. The first-order chi connectivity index (χ1) is 14.4. The number of rotatable bonds is 9. The van der Waals surface area contributed by atoms with Crippen LogP contribution in [0.25, 0.3) is 0 Å². The summed E-state index contributed by atoms with van der Waals surface area (Å²) in [6.07, 6.45) is -1.91. The van der Waals surface area contributed by atoms with E-state index < -0.39 is 69.2 Å². The maximum atomic E-state index is 11.8. The van der Waals surface area contributed by atoms with Crippen molar-refractivity contribution in [3.8, 4) is 5.75 Å². The van der Waals surface area contributed by atoms with Crippen molar-refractivity contribution in [3.05, 3.63) is 33.9 Å². The van der Waals surface area contributed by atoms with Gasteiger partial charge in [0.15, 0.2) is 0 Å². The average Bonchev–Trinajstić information content (AvgIpc) is 2.96. The average molecular weight is 482 g/mol. The summed E-state index contributed by atoms with van der Waals surface area (Å²) >= 11 is 0. The van der Waals surface area contributed by atoms with E-state index in [0.29, 0.717) is 0 Å². The summed E-state index contributed by atoms with van der Waals surface area (Å²) in [7, 11) is -5.09. The molecule has 1 atom stereocenters. The zero-order valence-corrected chi connectivity index (χ0v) is 19.4. The molecule has 1 aliphatic heterocycles. The monoisotopic (exact) mass is 482 g/mol. The summed E-state index contributed by atoms with van der Waals surface area (Å²) in [5, 5.41) is 17.7. The molecule has 2 amide bonds. The molecule has 16 heteroatoms. The van der Waals surface area contributed by atoms with E-state index in [2.05, 4.69) is 4.84 Å². The van der Waals surface area contributed by atoms with Crippen LogP contribution in [0.5, 0.6) is 5.75 Å². The number of aliphatic hydroxyl groups is 1. The smallest absolute Gasteiger partial charge is 0.747 e. The van der Waals surface area contributed by atoms with Gasteiger partial charge in [-0.2, -0.15) is 0 Å². The van der Waals surface area contributed by atoms with Crippen molar-refractivity contribution in [3.63, 3.8) is 0 Å². The Morgan fingerprint density at radius 3 is 2.38 bits per heavy atom. The Hall–Kier alpha value is -2.43. The number of carbonyl (C=O) groups excluding carboxylic acids is 4. The quantitative estimate of drug-likeness (QED) is 0.0685. The third kappa shape index (κ3) is 7.04. The third-order valence-corrected chi connectivity index (χ3v) is 5.09. The minimum atomic E-state index is -5.09. The van der Waals surface area contributed by atoms with Gasteiger partial charge in [0.25, 0.3) is 17.5 Å². The van der Waals surface area contributed by atoms with Gasteiger partial charge in [-0.25, -0.2) is 13.2 Å². The van der Waals surface area contributed by atoms with Crippen LogP contribution in [0, 0.1) is 10.1 Å². The van der Waals surface area contributed by atoms with Gasteiger partial charge >= 0.3 is 41.5 Å². The first-order valence-corrected chi connectivity index (χ1v) is 10.0. The van der Waals surface area contributed by atoms with Crippen LogP contribution < -0.4 is 34.3 Å². The van der Waals surface area contributed by atoms with Gasteiger partial charge < -0.3 is 19.2 Å². The van der Waals surface area contributed by atoms with E-state index in [0.717, 1.165) is 6.07 Å². The molecule has 1 aromatic carbocycles. The van der Waals surface area contributed by atoms with Crippen LogP contribution in [0.4, 0.5) is 5.69 Å². The van der Waals surface area contributed by atoms with Crippen LogP contribution in [0.15, 0.2) is 18.2 Å². The molecule has 0 aromatic heterocycles. The molecule has 1 fully saturated rings. The second-order valence-corrected chi connectivity index (χ2v) is 7.76. The Labute approximate surface area is 202 Å². The summed E-state index contributed by atoms with van der Waals surface area (Å²) in [6, 6.07) is 3.39. The fourth-order valence-corrected chi connectivity index (χ4v) is 3.21. The van der Waals surface area contributed by atoms with E-state index in [4.69, 9.17) is 9.84 Å². The number of hydrogen-bond acceptors (Lipinski definition) is 12. The molecule has 2 rings (SSSR count). The topological polar surface area (TPSA) is 211 Å². The number of imide groups is 1. The number of nitro groups is 1. The number of carbonyl (C=O) groups is 4. The van der Waals surface area contributed by atoms with Gasteiger partial charge in [0, 0.05) is 12.8 Å². The van der Waals surface area contributed by atoms with Gasteiger partial charge in [-0.15, -0.1) is 5.06 Å². The molecule has 0 radical (unpaired) electrons. The molecule has 1 saturated heterocycles. The minimum Gasteiger partial charge on any atom is -0.747 e. The number of nitrogens with zero attached hydrogens (tertiary/aromatic N) is 2. The van der Waals surface area contributed by atoms with Gasteiger partial charge in [0.1, 0.15) is 21.1 Å². The molecule has 0 spiro atoms. The number of ether oxygens (including phenoxy) is 1. The number of esters is 1. The molecule has 1 heterocycles. The van der Waals surface area contributed by atoms with E-state index in [-0.39, 0.29) is 58.8 Å². The van der Waals surface area contributed by atoms with Crippen LogP contribution >= 0.6 is 0 Å². The second kappa shape index (κ2) is 11.4. The molecule has 0 saturated carbocycles. The molecule has 1 unspecified atom stereocenters. The summed E-state index contributed by atoms with van der Waals surface area (Å²) in [5.74, 6) is -4.79. The van der Waals surface area contributed by atoms with Gasteiger partial charge in [0.05, 0.1) is 29.6 Å².